The third kappa shape index (κ3) is 4.23. The Kier molecular flexibility index (Phi) is 5.41. The molecule has 0 bridgehead atoms. The van der Waals surface area contributed by atoms with Crippen LogP contribution in [0.3, 0.4) is 0 Å². The van der Waals surface area contributed by atoms with Gasteiger partial charge in [-0.15, -0.1) is 0 Å². The molecule has 6 heteroatoms. The van der Waals surface area contributed by atoms with E-state index in [0.717, 1.165) is 5.56 Å². The first-order chi connectivity index (χ1) is 12.3. The number of carbonyl (C=O) groups is 1. The molecule has 3 rings (SSSR count). The number of hydrogen-bond acceptors (Lipinski definition) is 5. The van der Waals surface area contributed by atoms with Gasteiger partial charge < -0.3 is 14.6 Å². The monoisotopic (exact) mass is 337 g/mol. The first-order valence-corrected chi connectivity index (χ1v) is 8.07. The van der Waals surface area contributed by atoms with Crippen LogP contribution in [0.2, 0.25) is 0 Å². The zero-order valence-electron chi connectivity index (χ0n) is 13.9. The smallest absolute Gasteiger partial charge is 0.255 e. The summed E-state index contributed by atoms with van der Waals surface area (Å²) in [6, 6.07) is 16.8. The first kappa shape index (κ1) is 16.7. The van der Waals surface area contributed by atoms with Crippen LogP contribution in [0.4, 0.5) is 0 Å². The molecule has 0 saturated carbocycles. The minimum absolute atomic E-state index is 0.159. The molecule has 6 nitrogen and oxygen atoms in total. The Hall–Kier alpha value is -3.15. The second-order valence-corrected chi connectivity index (χ2v) is 5.44. The summed E-state index contributed by atoms with van der Waals surface area (Å²) in [6.07, 6.45) is 1.31. The SMILES string of the molecule is COc1ccccc1C(=O)NCCCc1nc(-c2ccccc2)no1. The van der Waals surface area contributed by atoms with Gasteiger partial charge >= 0.3 is 0 Å². The molecule has 0 aliphatic rings. The van der Waals surface area contributed by atoms with E-state index >= 15 is 0 Å². The van der Waals surface area contributed by atoms with E-state index in [1.165, 1.54) is 0 Å². The molecule has 1 amide bonds. The Morgan fingerprint density at radius 2 is 1.88 bits per heavy atom. The summed E-state index contributed by atoms with van der Waals surface area (Å²) in [7, 11) is 1.55. The van der Waals surface area contributed by atoms with Crippen molar-refractivity contribution >= 4 is 5.91 Å². The largest absolute Gasteiger partial charge is 0.496 e. The number of ether oxygens (including phenoxy) is 1. The fourth-order valence-electron chi connectivity index (χ4n) is 2.43. The Labute approximate surface area is 145 Å². The molecule has 0 spiro atoms. The van der Waals surface area contributed by atoms with Crippen molar-refractivity contribution in [1.82, 2.24) is 15.5 Å². The quantitative estimate of drug-likeness (QED) is 0.670. The number of amides is 1. The second kappa shape index (κ2) is 8.10. The molecule has 0 fully saturated rings. The van der Waals surface area contributed by atoms with Crippen molar-refractivity contribution < 1.29 is 14.1 Å². The normalized spacial score (nSPS) is 10.4. The maximum Gasteiger partial charge on any atom is 0.255 e. The van der Waals surface area contributed by atoms with E-state index < -0.39 is 0 Å². The van der Waals surface area contributed by atoms with Crippen LogP contribution in [0, 0.1) is 0 Å². The zero-order valence-corrected chi connectivity index (χ0v) is 13.9. The van der Waals surface area contributed by atoms with Crippen LogP contribution >= 0.6 is 0 Å². The fraction of sp³-hybridized carbons (Fsp3) is 0.211. The molecule has 1 aromatic heterocycles. The van der Waals surface area contributed by atoms with Gasteiger partial charge in [-0.2, -0.15) is 4.98 Å². The third-order valence-electron chi connectivity index (χ3n) is 3.70. The first-order valence-electron chi connectivity index (χ1n) is 8.07. The molecule has 25 heavy (non-hydrogen) atoms. The molecule has 0 radical (unpaired) electrons. The van der Waals surface area contributed by atoms with Crippen molar-refractivity contribution in [2.45, 2.75) is 12.8 Å². The van der Waals surface area contributed by atoms with Gasteiger partial charge in [-0.1, -0.05) is 47.6 Å². The van der Waals surface area contributed by atoms with E-state index in [1.54, 1.807) is 25.3 Å². The maximum atomic E-state index is 12.2. The lowest BCUT2D eigenvalue weighted by molar-refractivity contribution is 0.0950. The van der Waals surface area contributed by atoms with E-state index in [2.05, 4.69) is 15.5 Å². The molecular weight excluding hydrogens is 318 g/mol. The molecule has 2 aromatic carbocycles. The van der Waals surface area contributed by atoms with E-state index in [1.807, 2.05) is 36.4 Å². The van der Waals surface area contributed by atoms with Gasteiger partial charge in [0.2, 0.25) is 11.7 Å². The molecule has 0 aliphatic carbocycles. The summed E-state index contributed by atoms with van der Waals surface area (Å²) < 4.78 is 10.4. The lowest BCUT2D eigenvalue weighted by Crippen LogP contribution is -2.25. The number of para-hydroxylation sites is 1. The molecular formula is C19H19N3O3. The lowest BCUT2D eigenvalue weighted by Gasteiger charge is -2.08. The zero-order chi connectivity index (χ0) is 17.5. The highest BCUT2D eigenvalue weighted by atomic mass is 16.5. The highest BCUT2D eigenvalue weighted by Crippen LogP contribution is 2.17. The van der Waals surface area contributed by atoms with Crippen LogP contribution in [0.25, 0.3) is 11.4 Å². The van der Waals surface area contributed by atoms with Crippen LogP contribution in [0.5, 0.6) is 5.75 Å². The van der Waals surface area contributed by atoms with Gasteiger partial charge in [0.15, 0.2) is 0 Å². The van der Waals surface area contributed by atoms with Gasteiger partial charge in [0.05, 0.1) is 12.7 Å². The summed E-state index contributed by atoms with van der Waals surface area (Å²) in [5.41, 5.74) is 1.44. The van der Waals surface area contributed by atoms with Crippen LogP contribution < -0.4 is 10.1 Å². The number of aromatic nitrogens is 2. The predicted molar refractivity (Wildman–Crippen MR) is 93.4 cm³/mol. The summed E-state index contributed by atoms with van der Waals surface area (Å²) >= 11 is 0. The van der Waals surface area contributed by atoms with Crippen molar-refractivity contribution in [2.75, 3.05) is 13.7 Å². The maximum absolute atomic E-state index is 12.2. The van der Waals surface area contributed by atoms with E-state index in [4.69, 9.17) is 9.26 Å². The lowest BCUT2D eigenvalue weighted by atomic mass is 10.2. The van der Waals surface area contributed by atoms with E-state index in [-0.39, 0.29) is 5.91 Å². The average Bonchev–Trinajstić information content (AvgIpc) is 3.14. The van der Waals surface area contributed by atoms with Crippen LogP contribution in [-0.2, 0) is 6.42 Å². The molecule has 0 saturated heterocycles. The molecule has 1 N–H and O–H groups in total. The van der Waals surface area contributed by atoms with Gasteiger partial charge in [0, 0.05) is 18.5 Å². The average molecular weight is 337 g/mol. The number of nitrogens with zero attached hydrogens (tertiary/aromatic N) is 2. The molecule has 1 heterocycles. The number of carbonyl (C=O) groups excluding carboxylic acids is 1. The highest BCUT2D eigenvalue weighted by molar-refractivity contribution is 5.96. The minimum atomic E-state index is -0.159. The van der Waals surface area contributed by atoms with Gasteiger partial charge in [-0.25, -0.2) is 0 Å². The Bertz CT molecular complexity index is 831. The van der Waals surface area contributed by atoms with Crippen molar-refractivity contribution in [1.29, 1.82) is 0 Å². The molecule has 128 valence electrons. The predicted octanol–water partition coefficient (Wildman–Crippen LogP) is 3.11. The summed E-state index contributed by atoms with van der Waals surface area (Å²) in [6.45, 7) is 0.514. The highest BCUT2D eigenvalue weighted by Gasteiger charge is 2.11. The Balaban J connectivity index is 1.49. The number of aryl methyl sites for hydroxylation is 1. The van der Waals surface area contributed by atoms with Crippen LogP contribution in [0.1, 0.15) is 22.7 Å². The summed E-state index contributed by atoms with van der Waals surface area (Å²) in [5, 5.41) is 6.85. The summed E-state index contributed by atoms with van der Waals surface area (Å²) in [4.78, 5) is 16.6. The van der Waals surface area contributed by atoms with Gasteiger partial charge in [0.1, 0.15) is 5.75 Å². The summed E-state index contributed by atoms with van der Waals surface area (Å²) in [5.74, 6) is 1.54. The molecule has 3 aromatic rings. The van der Waals surface area contributed by atoms with E-state index in [0.29, 0.717) is 42.4 Å². The number of hydrogen-bond donors (Lipinski definition) is 1. The minimum Gasteiger partial charge on any atom is -0.496 e. The standard InChI is InChI=1S/C19H19N3O3/c1-24-16-11-6-5-10-15(16)19(23)20-13-7-12-17-21-18(22-25-17)14-8-3-2-4-9-14/h2-6,8-11H,7,12-13H2,1H3,(H,20,23). The molecule has 0 atom stereocenters. The molecule has 0 unspecified atom stereocenters. The third-order valence-corrected chi connectivity index (χ3v) is 3.70. The fourth-order valence-corrected chi connectivity index (χ4v) is 2.43. The van der Waals surface area contributed by atoms with Crippen molar-refractivity contribution in [2.24, 2.45) is 0 Å². The Morgan fingerprint density at radius 3 is 2.68 bits per heavy atom. The van der Waals surface area contributed by atoms with Gasteiger partial charge in [0.25, 0.3) is 5.91 Å². The van der Waals surface area contributed by atoms with Crippen molar-refractivity contribution in [3.05, 3.63) is 66.1 Å². The van der Waals surface area contributed by atoms with Crippen molar-refractivity contribution in [3.63, 3.8) is 0 Å². The number of rotatable bonds is 7. The topological polar surface area (TPSA) is 77.2 Å². The van der Waals surface area contributed by atoms with Gasteiger partial charge in [-0.05, 0) is 18.6 Å². The second-order valence-electron chi connectivity index (χ2n) is 5.44. The van der Waals surface area contributed by atoms with Crippen molar-refractivity contribution in [3.8, 4) is 17.1 Å². The number of nitrogens with one attached hydrogen (secondary N) is 1. The number of benzene rings is 2. The number of methoxy groups -OCH3 is 1. The van der Waals surface area contributed by atoms with Gasteiger partial charge in [-0.3, -0.25) is 4.79 Å². The van der Waals surface area contributed by atoms with E-state index in [9.17, 15) is 4.79 Å². The van der Waals surface area contributed by atoms with Crippen LogP contribution in [-0.4, -0.2) is 29.7 Å². The van der Waals surface area contributed by atoms with Crippen LogP contribution in [0.15, 0.2) is 59.1 Å². The Morgan fingerprint density at radius 1 is 1.12 bits per heavy atom. The molecule has 0 aliphatic heterocycles.